The number of nitrogens with one attached hydrogen (secondary N) is 2. The highest BCUT2D eigenvalue weighted by molar-refractivity contribution is 7.99. The fourth-order valence-corrected chi connectivity index (χ4v) is 6.22. The van der Waals surface area contributed by atoms with Crippen molar-refractivity contribution in [2.24, 2.45) is 5.73 Å². The van der Waals surface area contributed by atoms with Gasteiger partial charge in [-0.2, -0.15) is 0 Å². The van der Waals surface area contributed by atoms with E-state index in [9.17, 15) is 14.4 Å². The highest BCUT2D eigenvalue weighted by Gasteiger charge is 2.25. The minimum absolute atomic E-state index is 0.0690. The average Bonchev–Trinajstić information content (AvgIpc) is 3.19. The van der Waals surface area contributed by atoms with Crippen LogP contribution in [0.15, 0.2) is 16.0 Å². The number of anilines is 1. The highest BCUT2D eigenvalue weighted by atomic mass is 32.2. The van der Waals surface area contributed by atoms with E-state index in [0.717, 1.165) is 52.8 Å². The summed E-state index contributed by atoms with van der Waals surface area (Å²) in [5, 5.41) is 4.30. The first kappa shape index (κ1) is 19.2. The Morgan fingerprint density at radius 3 is 2.89 bits per heavy atom. The molecule has 146 valence electrons. The van der Waals surface area contributed by atoms with Crippen molar-refractivity contribution >= 4 is 61.5 Å². The molecule has 0 aliphatic heterocycles. The Morgan fingerprint density at radius 1 is 1.32 bits per heavy atom. The molecule has 0 radical (unpaired) electrons. The van der Waals surface area contributed by atoms with Gasteiger partial charge in [0.15, 0.2) is 5.16 Å². The summed E-state index contributed by atoms with van der Waals surface area (Å²) < 4.78 is 0. The first-order valence-corrected chi connectivity index (χ1v) is 11.4. The molecule has 10 heteroatoms. The molecule has 1 aliphatic rings. The Bertz CT molecular complexity index is 1150. The van der Waals surface area contributed by atoms with Crippen LogP contribution in [-0.2, 0) is 17.6 Å². The van der Waals surface area contributed by atoms with Crippen molar-refractivity contribution in [2.45, 2.75) is 37.8 Å². The lowest BCUT2D eigenvalue weighted by atomic mass is 9.95. The summed E-state index contributed by atoms with van der Waals surface area (Å²) in [6.07, 6.45) is 3.84. The number of nitrogens with zero attached hydrogens (tertiary/aromatic N) is 1. The molecule has 4 N–H and O–H groups in total. The zero-order valence-electron chi connectivity index (χ0n) is 15.1. The zero-order valence-corrected chi connectivity index (χ0v) is 17.5. The van der Waals surface area contributed by atoms with Gasteiger partial charge >= 0.3 is 0 Å². The molecule has 1 aliphatic carbocycles. The van der Waals surface area contributed by atoms with E-state index in [4.69, 9.17) is 5.73 Å². The molecule has 0 spiro atoms. The maximum atomic E-state index is 12.4. The second-order valence-electron chi connectivity index (χ2n) is 6.56. The number of thioether (sulfide) groups is 1. The van der Waals surface area contributed by atoms with E-state index in [1.165, 1.54) is 22.7 Å². The van der Waals surface area contributed by atoms with Crippen LogP contribution in [-0.4, -0.2) is 27.5 Å². The molecule has 28 heavy (non-hydrogen) atoms. The van der Waals surface area contributed by atoms with E-state index < -0.39 is 5.91 Å². The number of primary amides is 1. The monoisotopic (exact) mass is 434 g/mol. The molecular weight excluding hydrogens is 416 g/mol. The van der Waals surface area contributed by atoms with Crippen molar-refractivity contribution in [1.82, 2.24) is 9.97 Å². The number of fused-ring (bicyclic) bond motifs is 2. The van der Waals surface area contributed by atoms with E-state index >= 15 is 0 Å². The Morgan fingerprint density at radius 2 is 2.11 bits per heavy atom. The molecule has 0 saturated carbocycles. The van der Waals surface area contributed by atoms with Crippen LogP contribution in [0.2, 0.25) is 0 Å². The van der Waals surface area contributed by atoms with Crippen LogP contribution in [0, 0.1) is 6.92 Å². The smallest absolute Gasteiger partial charge is 0.260 e. The molecule has 0 bridgehead atoms. The standard InChI is InChI=1S/C18H18N4O3S3/c1-8-6-10-15(25)21-18(22-16(10)27-8)26-7-12(23)20-17-13(14(19)24)9-4-2-3-5-11(9)28-17/h6H,2-5,7H2,1H3,(H2,19,24)(H,20,23)(H,21,22,25). The summed E-state index contributed by atoms with van der Waals surface area (Å²) in [6, 6.07) is 1.80. The van der Waals surface area contributed by atoms with Crippen molar-refractivity contribution in [3.63, 3.8) is 0 Å². The molecule has 0 aromatic carbocycles. The lowest BCUT2D eigenvalue weighted by molar-refractivity contribution is -0.113. The van der Waals surface area contributed by atoms with Gasteiger partial charge in [-0.15, -0.1) is 22.7 Å². The van der Waals surface area contributed by atoms with Crippen LogP contribution in [0.3, 0.4) is 0 Å². The van der Waals surface area contributed by atoms with Crippen LogP contribution in [0.5, 0.6) is 0 Å². The van der Waals surface area contributed by atoms with Crippen molar-refractivity contribution in [1.29, 1.82) is 0 Å². The third-order valence-corrected chi connectivity index (χ3v) is 7.54. The third kappa shape index (κ3) is 3.71. The molecular formula is C18H18N4O3S3. The highest BCUT2D eigenvalue weighted by Crippen LogP contribution is 2.38. The van der Waals surface area contributed by atoms with Crippen LogP contribution in [0.25, 0.3) is 10.2 Å². The summed E-state index contributed by atoms with van der Waals surface area (Å²) in [6.45, 7) is 1.92. The maximum Gasteiger partial charge on any atom is 0.260 e. The number of aromatic nitrogens is 2. The quantitative estimate of drug-likeness (QED) is 0.421. The minimum Gasteiger partial charge on any atom is -0.365 e. The summed E-state index contributed by atoms with van der Waals surface area (Å²) in [7, 11) is 0. The van der Waals surface area contributed by atoms with Crippen molar-refractivity contribution in [3.05, 3.63) is 37.3 Å². The first-order chi connectivity index (χ1) is 13.4. The summed E-state index contributed by atoms with van der Waals surface area (Å²) in [5.74, 6) is -0.706. The molecule has 0 fully saturated rings. The maximum absolute atomic E-state index is 12.4. The van der Waals surface area contributed by atoms with Crippen LogP contribution < -0.4 is 16.6 Å². The van der Waals surface area contributed by atoms with Crippen LogP contribution in [0.1, 0.15) is 38.5 Å². The normalized spacial score (nSPS) is 13.5. The second kappa shape index (κ2) is 7.69. The van der Waals surface area contributed by atoms with Gasteiger partial charge in [-0.25, -0.2) is 4.98 Å². The predicted molar refractivity (Wildman–Crippen MR) is 114 cm³/mol. The lowest BCUT2D eigenvalue weighted by Gasteiger charge is -2.11. The fourth-order valence-electron chi connectivity index (χ4n) is 3.31. The molecule has 3 heterocycles. The fraction of sp³-hybridized carbons (Fsp3) is 0.333. The van der Waals surface area contributed by atoms with Crippen molar-refractivity contribution in [3.8, 4) is 0 Å². The van der Waals surface area contributed by atoms with Gasteiger partial charge in [0.05, 0.1) is 16.7 Å². The molecule has 0 saturated heterocycles. The molecule has 2 amide bonds. The number of carbonyl (C=O) groups is 2. The van der Waals surface area contributed by atoms with E-state index in [-0.39, 0.29) is 17.2 Å². The van der Waals surface area contributed by atoms with E-state index in [0.29, 0.717) is 25.9 Å². The molecule has 3 aromatic rings. The van der Waals surface area contributed by atoms with Crippen LogP contribution in [0.4, 0.5) is 5.00 Å². The number of amides is 2. The van der Waals surface area contributed by atoms with Gasteiger partial charge in [0, 0.05) is 9.75 Å². The number of H-pyrrole nitrogens is 1. The van der Waals surface area contributed by atoms with Gasteiger partial charge in [0.1, 0.15) is 9.83 Å². The van der Waals surface area contributed by atoms with E-state index in [2.05, 4.69) is 15.3 Å². The zero-order chi connectivity index (χ0) is 19.8. The van der Waals surface area contributed by atoms with E-state index in [1.54, 1.807) is 6.07 Å². The summed E-state index contributed by atoms with van der Waals surface area (Å²) in [4.78, 5) is 46.4. The largest absolute Gasteiger partial charge is 0.365 e. The molecule has 4 rings (SSSR count). The van der Waals surface area contributed by atoms with Gasteiger partial charge < -0.3 is 16.0 Å². The van der Waals surface area contributed by atoms with Crippen LogP contribution >= 0.6 is 34.4 Å². The predicted octanol–water partition coefficient (Wildman–Crippen LogP) is 3.06. The third-order valence-electron chi connectivity index (χ3n) is 4.51. The molecule has 7 nitrogen and oxygen atoms in total. The number of carbonyl (C=O) groups excluding carboxylic acids is 2. The SMILES string of the molecule is Cc1cc2c(=O)[nH]c(SCC(=O)Nc3sc4c(c3C(N)=O)CCCC4)nc2s1. The Hall–Kier alpha value is -2.17. The Balaban J connectivity index is 1.49. The molecule has 3 aromatic heterocycles. The van der Waals surface area contributed by atoms with Gasteiger partial charge in [-0.1, -0.05) is 11.8 Å². The van der Waals surface area contributed by atoms with Gasteiger partial charge in [0.25, 0.3) is 11.5 Å². The topological polar surface area (TPSA) is 118 Å². The summed E-state index contributed by atoms with van der Waals surface area (Å²) in [5.41, 5.74) is 6.78. The lowest BCUT2D eigenvalue weighted by Crippen LogP contribution is -2.19. The first-order valence-electron chi connectivity index (χ1n) is 8.80. The van der Waals surface area contributed by atoms with E-state index in [1.807, 2.05) is 6.92 Å². The summed E-state index contributed by atoms with van der Waals surface area (Å²) >= 11 is 4.03. The number of thiophene rings is 2. The van der Waals surface area contributed by atoms with Gasteiger partial charge in [0.2, 0.25) is 5.91 Å². The number of hydrogen-bond donors (Lipinski definition) is 3. The second-order valence-corrected chi connectivity index (χ2v) is 9.87. The number of rotatable bonds is 5. The minimum atomic E-state index is -0.508. The number of nitrogens with two attached hydrogens (primary N) is 1. The number of aromatic amines is 1. The van der Waals surface area contributed by atoms with Crippen molar-refractivity contribution in [2.75, 3.05) is 11.1 Å². The molecule has 0 atom stereocenters. The van der Waals surface area contributed by atoms with Crippen molar-refractivity contribution < 1.29 is 9.59 Å². The molecule has 0 unspecified atom stereocenters. The number of aryl methyl sites for hydroxylation is 2. The Labute approximate surface area is 172 Å². The van der Waals surface area contributed by atoms with Gasteiger partial charge in [-0.3, -0.25) is 14.4 Å². The average molecular weight is 435 g/mol. The number of hydrogen-bond acceptors (Lipinski definition) is 7. The Kier molecular flexibility index (Phi) is 5.26. The van der Waals surface area contributed by atoms with Gasteiger partial charge in [-0.05, 0) is 44.2 Å².